The molecule has 1 unspecified atom stereocenters. The van der Waals surface area contributed by atoms with Crippen LogP contribution in [0.15, 0.2) is 24.3 Å². The minimum atomic E-state index is -4.28. The van der Waals surface area contributed by atoms with Crippen LogP contribution in [0, 0.1) is 0 Å². The van der Waals surface area contributed by atoms with Crippen LogP contribution in [0.2, 0.25) is 0 Å². The van der Waals surface area contributed by atoms with Crippen molar-refractivity contribution in [2.75, 3.05) is 6.54 Å². The van der Waals surface area contributed by atoms with E-state index in [1.165, 1.54) is 12.1 Å². The summed E-state index contributed by atoms with van der Waals surface area (Å²) in [5, 5.41) is 3.29. The van der Waals surface area contributed by atoms with Gasteiger partial charge in [0, 0.05) is 5.54 Å². The number of rotatable bonds is 1. The molecule has 4 heteroatoms. The van der Waals surface area contributed by atoms with Gasteiger partial charge in [0.15, 0.2) is 0 Å². The third-order valence-electron chi connectivity index (χ3n) is 3.70. The number of benzene rings is 1. The van der Waals surface area contributed by atoms with Crippen molar-refractivity contribution in [2.24, 2.45) is 0 Å². The lowest BCUT2D eigenvalue weighted by molar-refractivity contribution is -0.139. The first-order valence-corrected chi connectivity index (χ1v) is 6.35. The number of hydrogen-bond donors (Lipinski definition) is 1. The van der Waals surface area contributed by atoms with E-state index in [-0.39, 0.29) is 0 Å². The minimum Gasteiger partial charge on any atom is -0.308 e. The highest BCUT2D eigenvalue weighted by Crippen LogP contribution is 2.39. The number of halogens is 3. The Labute approximate surface area is 105 Å². The first-order chi connectivity index (χ1) is 8.43. The van der Waals surface area contributed by atoms with Gasteiger partial charge in [-0.05, 0) is 37.9 Å². The summed E-state index contributed by atoms with van der Waals surface area (Å²) in [6, 6.07) is 5.91. The van der Waals surface area contributed by atoms with Crippen LogP contribution in [-0.4, -0.2) is 6.54 Å². The maximum atomic E-state index is 13.0. The molecule has 0 saturated carbocycles. The first kappa shape index (κ1) is 13.4. The van der Waals surface area contributed by atoms with Crippen molar-refractivity contribution in [1.29, 1.82) is 0 Å². The second-order valence-corrected chi connectivity index (χ2v) is 5.11. The van der Waals surface area contributed by atoms with Gasteiger partial charge in [0.05, 0.1) is 5.56 Å². The van der Waals surface area contributed by atoms with Gasteiger partial charge >= 0.3 is 6.18 Å². The van der Waals surface area contributed by atoms with Gasteiger partial charge in [-0.25, -0.2) is 0 Å². The van der Waals surface area contributed by atoms with Gasteiger partial charge in [-0.15, -0.1) is 0 Å². The molecule has 0 amide bonds. The molecule has 0 bridgehead atoms. The van der Waals surface area contributed by atoms with E-state index in [9.17, 15) is 13.2 Å². The van der Waals surface area contributed by atoms with Crippen molar-refractivity contribution in [1.82, 2.24) is 5.32 Å². The van der Waals surface area contributed by atoms with Crippen LogP contribution < -0.4 is 5.32 Å². The van der Waals surface area contributed by atoms with E-state index in [1.54, 1.807) is 12.1 Å². The highest BCUT2D eigenvalue weighted by atomic mass is 19.4. The fourth-order valence-corrected chi connectivity index (χ4v) is 2.67. The summed E-state index contributed by atoms with van der Waals surface area (Å²) in [5.74, 6) is 0. The van der Waals surface area contributed by atoms with E-state index >= 15 is 0 Å². The molecule has 0 aromatic heterocycles. The highest BCUT2D eigenvalue weighted by molar-refractivity contribution is 5.35. The molecule has 0 radical (unpaired) electrons. The quantitative estimate of drug-likeness (QED) is 0.799. The molecular formula is C14H18F3N. The number of hydrogen-bond acceptors (Lipinski definition) is 1. The smallest absolute Gasteiger partial charge is 0.308 e. The lowest BCUT2D eigenvalue weighted by Gasteiger charge is -2.32. The maximum absolute atomic E-state index is 13.0. The summed E-state index contributed by atoms with van der Waals surface area (Å²) in [6.07, 6.45) is -0.454. The van der Waals surface area contributed by atoms with Crippen LogP contribution in [0.4, 0.5) is 13.2 Å². The van der Waals surface area contributed by atoms with Crippen molar-refractivity contribution in [3.63, 3.8) is 0 Å². The summed E-state index contributed by atoms with van der Waals surface area (Å²) in [6.45, 7) is 2.66. The van der Waals surface area contributed by atoms with Crippen molar-refractivity contribution in [3.8, 4) is 0 Å². The van der Waals surface area contributed by atoms with Crippen molar-refractivity contribution >= 4 is 0 Å². The fraction of sp³-hybridized carbons (Fsp3) is 0.571. The molecule has 1 saturated heterocycles. The van der Waals surface area contributed by atoms with E-state index in [4.69, 9.17) is 0 Å². The van der Waals surface area contributed by atoms with Crippen LogP contribution in [0.5, 0.6) is 0 Å². The molecular weight excluding hydrogens is 239 g/mol. The van der Waals surface area contributed by atoms with E-state index < -0.39 is 17.3 Å². The van der Waals surface area contributed by atoms with E-state index in [0.717, 1.165) is 32.2 Å². The largest absolute Gasteiger partial charge is 0.416 e. The van der Waals surface area contributed by atoms with Gasteiger partial charge in [-0.2, -0.15) is 13.2 Å². The Kier molecular flexibility index (Phi) is 3.66. The topological polar surface area (TPSA) is 12.0 Å². The van der Waals surface area contributed by atoms with E-state index in [0.29, 0.717) is 5.56 Å². The molecule has 1 atom stereocenters. The summed E-state index contributed by atoms with van der Waals surface area (Å²) < 4.78 is 39.1. The molecule has 1 aromatic carbocycles. The van der Waals surface area contributed by atoms with Gasteiger partial charge < -0.3 is 5.32 Å². The third-order valence-corrected chi connectivity index (χ3v) is 3.70. The zero-order valence-electron chi connectivity index (χ0n) is 10.5. The SMILES string of the molecule is CC1(c2ccccc2C(F)(F)F)CCCCCN1. The van der Waals surface area contributed by atoms with E-state index in [1.807, 2.05) is 6.92 Å². The Hall–Kier alpha value is -1.03. The molecule has 18 heavy (non-hydrogen) atoms. The molecule has 0 spiro atoms. The number of nitrogens with one attached hydrogen (secondary N) is 1. The average Bonchev–Trinajstić information content (AvgIpc) is 2.54. The van der Waals surface area contributed by atoms with Gasteiger partial charge in [-0.3, -0.25) is 0 Å². The molecule has 1 nitrogen and oxygen atoms in total. The molecule has 1 aliphatic heterocycles. The monoisotopic (exact) mass is 257 g/mol. The normalized spacial score (nSPS) is 25.8. The zero-order valence-corrected chi connectivity index (χ0v) is 10.5. The predicted octanol–water partition coefficient (Wildman–Crippen LogP) is 4.08. The Bertz CT molecular complexity index is 404. The van der Waals surface area contributed by atoms with Crippen LogP contribution in [0.3, 0.4) is 0 Å². The molecule has 1 heterocycles. The Morgan fingerprint density at radius 1 is 1.11 bits per heavy atom. The summed E-state index contributed by atoms with van der Waals surface area (Å²) in [4.78, 5) is 0. The number of alkyl halides is 3. The zero-order chi connectivity index (χ0) is 13.2. The van der Waals surface area contributed by atoms with Gasteiger partial charge in [0.2, 0.25) is 0 Å². The van der Waals surface area contributed by atoms with Gasteiger partial charge in [0.1, 0.15) is 0 Å². The van der Waals surface area contributed by atoms with Crippen LogP contribution in [0.25, 0.3) is 0 Å². The van der Waals surface area contributed by atoms with Crippen molar-refractivity contribution in [2.45, 2.75) is 44.3 Å². The van der Waals surface area contributed by atoms with Crippen LogP contribution in [-0.2, 0) is 11.7 Å². The third kappa shape index (κ3) is 2.69. The molecule has 0 aliphatic carbocycles. The first-order valence-electron chi connectivity index (χ1n) is 6.35. The van der Waals surface area contributed by atoms with Gasteiger partial charge in [0.25, 0.3) is 0 Å². The Morgan fingerprint density at radius 3 is 2.56 bits per heavy atom. The summed E-state index contributed by atoms with van der Waals surface area (Å²) in [5.41, 5.74) is -0.705. The molecule has 1 aromatic rings. The Balaban J connectivity index is 2.43. The summed E-state index contributed by atoms with van der Waals surface area (Å²) >= 11 is 0. The molecule has 100 valence electrons. The van der Waals surface area contributed by atoms with E-state index in [2.05, 4.69) is 5.32 Å². The minimum absolute atomic E-state index is 0.374. The second-order valence-electron chi connectivity index (χ2n) is 5.11. The van der Waals surface area contributed by atoms with Crippen LogP contribution >= 0.6 is 0 Å². The molecule has 2 rings (SSSR count). The lowest BCUT2D eigenvalue weighted by Crippen LogP contribution is -2.40. The van der Waals surface area contributed by atoms with Gasteiger partial charge in [-0.1, -0.05) is 31.0 Å². The van der Waals surface area contributed by atoms with Crippen LogP contribution in [0.1, 0.15) is 43.7 Å². The maximum Gasteiger partial charge on any atom is 0.416 e. The second kappa shape index (κ2) is 4.92. The predicted molar refractivity (Wildman–Crippen MR) is 65.3 cm³/mol. The van der Waals surface area contributed by atoms with Crippen molar-refractivity contribution < 1.29 is 13.2 Å². The van der Waals surface area contributed by atoms with Crippen molar-refractivity contribution in [3.05, 3.63) is 35.4 Å². The highest BCUT2D eigenvalue weighted by Gasteiger charge is 2.39. The average molecular weight is 257 g/mol. The fourth-order valence-electron chi connectivity index (χ4n) is 2.67. The molecule has 1 N–H and O–H groups in total. The molecule has 1 aliphatic rings. The molecule has 1 fully saturated rings. The lowest BCUT2D eigenvalue weighted by atomic mass is 9.84. The standard InChI is InChI=1S/C14H18F3N/c1-13(9-5-2-6-10-18-13)11-7-3-4-8-12(11)14(15,16)17/h3-4,7-8,18H,2,5-6,9-10H2,1H3. The summed E-state index contributed by atoms with van der Waals surface area (Å²) in [7, 11) is 0. The Morgan fingerprint density at radius 2 is 1.83 bits per heavy atom.